The van der Waals surface area contributed by atoms with E-state index in [1.54, 1.807) is 18.5 Å². The summed E-state index contributed by atoms with van der Waals surface area (Å²) in [7, 11) is 0. The number of anilines is 2. The molecule has 6 heterocycles. The number of nitrogens with one attached hydrogen (secondary N) is 1. The number of alkyl halides is 2. The molecule has 1 N–H and O–H groups in total. The minimum absolute atomic E-state index is 0.0225. The molecule has 8 bridgehead atoms. The van der Waals surface area contributed by atoms with Crippen LogP contribution in [0.2, 0.25) is 0 Å². The Morgan fingerprint density at radius 1 is 0.917 bits per heavy atom. The molecular formula is C39H55F3N6. The van der Waals surface area contributed by atoms with Gasteiger partial charge in [0, 0.05) is 41.8 Å². The molecule has 2 unspecified atom stereocenters. The van der Waals surface area contributed by atoms with Crippen LogP contribution in [0.25, 0.3) is 6.08 Å². The monoisotopic (exact) mass is 664 g/mol. The van der Waals surface area contributed by atoms with Crippen molar-refractivity contribution in [3.63, 3.8) is 0 Å². The van der Waals surface area contributed by atoms with Crippen molar-refractivity contribution in [2.75, 3.05) is 36.4 Å². The number of likely N-dealkylation sites (tertiary alicyclic amines) is 1. The van der Waals surface area contributed by atoms with Crippen LogP contribution >= 0.6 is 0 Å². The summed E-state index contributed by atoms with van der Waals surface area (Å²) in [5.41, 5.74) is 2.80. The zero-order valence-electron chi connectivity index (χ0n) is 29.6. The first-order valence-corrected chi connectivity index (χ1v) is 18.4. The minimum atomic E-state index is -3.27. The van der Waals surface area contributed by atoms with E-state index in [9.17, 15) is 0 Å². The summed E-state index contributed by atoms with van der Waals surface area (Å²) in [5.74, 6) is -3.27. The van der Waals surface area contributed by atoms with Gasteiger partial charge in [0.1, 0.15) is 23.8 Å². The average Bonchev–Trinajstić information content (AvgIpc) is 3.05. The van der Waals surface area contributed by atoms with Crippen LogP contribution in [0, 0.1) is 17.7 Å². The molecule has 2 saturated heterocycles. The van der Waals surface area contributed by atoms with Gasteiger partial charge >= 0.3 is 0 Å². The quantitative estimate of drug-likeness (QED) is 0.346. The molecule has 0 spiro atoms. The molecule has 6 nitrogen and oxygen atoms in total. The smallest absolute Gasteiger partial charge is 0.278 e. The molecule has 9 heteroatoms. The van der Waals surface area contributed by atoms with Crippen LogP contribution in [0.3, 0.4) is 0 Å². The molecule has 5 aliphatic heterocycles. The maximum atomic E-state index is 16.3. The van der Waals surface area contributed by atoms with Crippen molar-refractivity contribution in [2.24, 2.45) is 11.8 Å². The van der Waals surface area contributed by atoms with Crippen LogP contribution < -0.4 is 10.2 Å². The van der Waals surface area contributed by atoms with Gasteiger partial charge in [0.2, 0.25) is 0 Å². The zero-order valence-corrected chi connectivity index (χ0v) is 29.6. The number of piperidine rings is 2. The van der Waals surface area contributed by atoms with E-state index >= 15 is 13.2 Å². The van der Waals surface area contributed by atoms with E-state index in [1.807, 2.05) is 6.92 Å². The standard InChI is InChI=1S/C39H55F3N6/c1-25(2)46-19-15-30(16-20-46)33-23-34-37-43-24-44-38(34)48(29(33)6)18-11-9-7-8-10-17-47-26(3)21-31(22-27(47)4)39(41,42)35-14-12-13-32(36(35)40)28(5)45-37/h12-14,23-28,30-31H,6-11,15-22H2,1-5H3,(H,43,44,45)/t26?,27?,28-,31?/m1/s1. The summed E-state index contributed by atoms with van der Waals surface area (Å²) in [6, 6.07) is 4.43. The first-order chi connectivity index (χ1) is 23.0. The Balaban J connectivity index is 1.36. The van der Waals surface area contributed by atoms with Gasteiger partial charge in [0.25, 0.3) is 5.92 Å². The Morgan fingerprint density at radius 3 is 2.27 bits per heavy atom. The Bertz CT molecular complexity index is 1470. The Kier molecular flexibility index (Phi) is 10.6. The summed E-state index contributed by atoms with van der Waals surface area (Å²) in [6.07, 6.45) is 12.0. The lowest BCUT2D eigenvalue weighted by atomic mass is 9.79. The third-order valence-electron chi connectivity index (χ3n) is 11.7. The molecule has 0 saturated carbocycles. The number of hydrogen-bond donors (Lipinski definition) is 1. The van der Waals surface area contributed by atoms with E-state index in [-0.39, 0.29) is 17.6 Å². The lowest BCUT2D eigenvalue weighted by Gasteiger charge is -2.45. The summed E-state index contributed by atoms with van der Waals surface area (Å²) in [5, 5.41) is 3.42. The lowest BCUT2D eigenvalue weighted by Crippen LogP contribution is -2.50. The highest BCUT2D eigenvalue weighted by molar-refractivity contribution is 5.83. The molecule has 0 amide bonds. The number of allylic oxidation sites excluding steroid dienone is 1. The van der Waals surface area contributed by atoms with E-state index < -0.39 is 29.3 Å². The molecule has 2 aromatic rings. The molecule has 0 aliphatic carbocycles. The number of rotatable bonds is 2. The van der Waals surface area contributed by atoms with Gasteiger partial charge in [-0.3, -0.25) is 4.90 Å². The van der Waals surface area contributed by atoms with E-state index in [1.165, 1.54) is 11.6 Å². The van der Waals surface area contributed by atoms with Gasteiger partial charge in [-0.1, -0.05) is 44.0 Å². The molecule has 3 atom stereocenters. The highest BCUT2D eigenvalue weighted by Gasteiger charge is 2.48. The van der Waals surface area contributed by atoms with Gasteiger partial charge < -0.3 is 15.1 Å². The Morgan fingerprint density at radius 2 is 1.58 bits per heavy atom. The predicted molar refractivity (Wildman–Crippen MR) is 190 cm³/mol. The number of hydrogen-bond acceptors (Lipinski definition) is 6. The summed E-state index contributed by atoms with van der Waals surface area (Å²) < 4.78 is 48.8. The number of fused-ring (bicyclic) bond motifs is 9. The highest BCUT2D eigenvalue weighted by atomic mass is 19.3. The van der Waals surface area contributed by atoms with Crippen LogP contribution in [-0.4, -0.2) is 64.1 Å². The molecular weight excluding hydrogens is 609 g/mol. The van der Waals surface area contributed by atoms with E-state index in [0.29, 0.717) is 30.6 Å². The number of aromatic nitrogens is 2. The average molecular weight is 665 g/mol. The van der Waals surface area contributed by atoms with Crippen molar-refractivity contribution in [1.29, 1.82) is 0 Å². The van der Waals surface area contributed by atoms with Gasteiger partial charge in [-0.05, 0) is 110 Å². The van der Waals surface area contributed by atoms with Crippen LogP contribution in [0.1, 0.15) is 115 Å². The molecule has 48 heavy (non-hydrogen) atoms. The zero-order chi connectivity index (χ0) is 34.2. The summed E-state index contributed by atoms with van der Waals surface area (Å²) in [4.78, 5) is 16.6. The second-order valence-corrected chi connectivity index (χ2v) is 15.1. The molecule has 1 aromatic carbocycles. The fourth-order valence-electron chi connectivity index (χ4n) is 8.79. The van der Waals surface area contributed by atoms with Crippen molar-refractivity contribution in [3.8, 4) is 0 Å². The van der Waals surface area contributed by atoms with Crippen LogP contribution in [0.15, 0.2) is 42.4 Å². The number of nitrogens with zero attached hydrogens (tertiary/aromatic N) is 5. The molecule has 7 rings (SSSR count). The Hall–Kier alpha value is -2.91. The van der Waals surface area contributed by atoms with Gasteiger partial charge in [-0.2, -0.15) is 0 Å². The maximum absolute atomic E-state index is 16.3. The van der Waals surface area contributed by atoms with Crippen molar-refractivity contribution < 1.29 is 13.2 Å². The van der Waals surface area contributed by atoms with Crippen LogP contribution in [0.4, 0.5) is 24.8 Å². The van der Waals surface area contributed by atoms with Gasteiger partial charge in [-0.25, -0.2) is 23.1 Å². The molecule has 2 fully saturated rings. The Labute approximate surface area is 285 Å². The fourth-order valence-corrected chi connectivity index (χ4v) is 8.79. The van der Waals surface area contributed by atoms with Gasteiger partial charge in [0.05, 0.1) is 17.2 Å². The fraction of sp³-hybridized carbons (Fsp3) is 0.641. The predicted octanol–water partition coefficient (Wildman–Crippen LogP) is 9.17. The second-order valence-electron chi connectivity index (χ2n) is 15.1. The topological polar surface area (TPSA) is 47.5 Å². The molecule has 262 valence electrons. The summed E-state index contributed by atoms with van der Waals surface area (Å²) in [6.45, 7) is 18.9. The first kappa shape index (κ1) is 34.9. The third-order valence-corrected chi connectivity index (χ3v) is 11.7. The highest BCUT2D eigenvalue weighted by Crippen LogP contribution is 2.47. The maximum Gasteiger partial charge on any atom is 0.278 e. The van der Waals surface area contributed by atoms with Crippen molar-refractivity contribution >= 4 is 17.7 Å². The minimum Gasteiger partial charge on any atom is -0.363 e. The van der Waals surface area contributed by atoms with E-state index in [4.69, 9.17) is 4.98 Å². The van der Waals surface area contributed by atoms with Crippen molar-refractivity contribution in [2.45, 2.75) is 122 Å². The first-order valence-electron chi connectivity index (χ1n) is 18.4. The van der Waals surface area contributed by atoms with Crippen LogP contribution in [0.5, 0.6) is 0 Å². The van der Waals surface area contributed by atoms with Crippen molar-refractivity contribution in [3.05, 3.63) is 64.9 Å². The van der Waals surface area contributed by atoms with Crippen LogP contribution in [-0.2, 0) is 5.92 Å². The normalized spacial score (nSPS) is 29.3. The van der Waals surface area contributed by atoms with E-state index in [2.05, 4.69) is 65.4 Å². The SMILES string of the molecule is C=C1C(C2CCN(C(C)C)CC2)=Cc2c3ncnc2N1CCCCCCCN1C(C)CC(CC1C)C(F)(F)c1cccc(c1F)[C@@H](C)N3. The second kappa shape index (κ2) is 14.5. The lowest BCUT2D eigenvalue weighted by molar-refractivity contribution is -0.107. The number of benzene rings is 1. The van der Waals surface area contributed by atoms with Gasteiger partial charge in [0.15, 0.2) is 0 Å². The number of halogens is 3. The molecule has 5 aliphatic rings. The van der Waals surface area contributed by atoms with E-state index in [0.717, 1.165) is 88.2 Å². The van der Waals surface area contributed by atoms with Crippen molar-refractivity contribution in [1.82, 2.24) is 19.8 Å². The summed E-state index contributed by atoms with van der Waals surface area (Å²) >= 11 is 0. The third kappa shape index (κ3) is 6.91. The molecule has 1 aromatic heterocycles. The molecule has 0 radical (unpaired) electrons. The van der Waals surface area contributed by atoms with Gasteiger partial charge in [-0.15, -0.1) is 0 Å². The largest absolute Gasteiger partial charge is 0.363 e.